The van der Waals surface area contributed by atoms with Crippen LogP contribution in [0.25, 0.3) is 11.3 Å². The minimum atomic E-state index is -0.802. The average Bonchev–Trinajstić information content (AvgIpc) is 3.15. The number of nitrogens with zero attached hydrogens (tertiary/aromatic N) is 3. The van der Waals surface area contributed by atoms with Crippen molar-refractivity contribution in [1.29, 1.82) is 0 Å². The molecule has 1 amide bonds. The van der Waals surface area contributed by atoms with Crippen molar-refractivity contribution in [3.63, 3.8) is 0 Å². The molecule has 0 fully saturated rings. The van der Waals surface area contributed by atoms with Crippen LogP contribution in [0.3, 0.4) is 0 Å². The summed E-state index contributed by atoms with van der Waals surface area (Å²) in [5.74, 6) is -0.227. The largest absolute Gasteiger partial charge is 0.348 e. The summed E-state index contributed by atoms with van der Waals surface area (Å²) in [6.07, 6.45) is 4.37. The fourth-order valence-electron chi connectivity index (χ4n) is 2.45. The Morgan fingerprint density at radius 1 is 1.16 bits per heavy atom. The third-order valence-electron chi connectivity index (χ3n) is 3.68. The average molecular weight is 336 g/mol. The third-order valence-corrected chi connectivity index (χ3v) is 3.68. The van der Waals surface area contributed by atoms with Crippen molar-refractivity contribution in [3.05, 3.63) is 72.7 Å². The smallest absolute Gasteiger partial charge is 0.272 e. The van der Waals surface area contributed by atoms with Crippen molar-refractivity contribution in [2.45, 2.75) is 19.7 Å². The molecule has 2 heterocycles. The zero-order valence-corrected chi connectivity index (χ0v) is 14.0. The second kappa shape index (κ2) is 8.21. The number of benzene rings is 1. The first-order valence-electron chi connectivity index (χ1n) is 8.16. The highest BCUT2D eigenvalue weighted by Crippen LogP contribution is 2.18. The molecule has 6 heteroatoms. The molecule has 0 aliphatic carbocycles. The van der Waals surface area contributed by atoms with Gasteiger partial charge >= 0.3 is 0 Å². The van der Waals surface area contributed by atoms with Crippen LogP contribution >= 0.6 is 0 Å². The topological polar surface area (TPSA) is 69.0 Å². The minimum Gasteiger partial charge on any atom is -0.348 e. The molecule has 0 bridgehead atoms. The fraction of sp³-hybridized carbons (Fsp3) is 0.211. The maximum absolute atomic E-state index is 12.5. The Hall–Kier alpha value is -2.99. The molecule has 0 aliphatic rings. The number of pyridine rings is 1. The number of hydrogen-bond acceptors (Lipinski definition) is 4. The van der Waals surface area contributed by atoms with Crippen molar-refractivity contribution in [3.8, 4) is 11.3 Å². The molecule has 6 nitrogen and oxygen atoms in total. The van der Waals surface area contributed by atoms with E-state index < -0.39 is 6.23 Å². The lowest BCUT2D eigenvalue weighted by Crippen LogP contribution is -2.34. The highest BCUT2D eigenvalue weighted by atomic mass is 16.5. The van der Waals surface area contributed by atoms with E-state index in [0.29, 0.717) is 13.2 Å². The van der Waals surface area contributed by atoms with Crippen LogP contribution in [-0.4, -0.2) is 27.3 Å². The summed E-state index contributed by atoms with van der Waals surface area (Å²) >= 11 is 0. The van der Waals surface area contributed by atoms with Gasteiger partial charge in [0, 0.05) is 37.3 Å². The number of rotatable bonds is 7. The standard InChI is InChI=1S/C19H20N4O2/c1-2-25-19(18(24)21-14-15-6-4-3-5-7-15)23-13-10-17(22-23)16-8-11-20-12-9-16/h3-13,19H,2,14H2,1H3,(H,21,24). The van der Waals surface area contributed by atoms with Gasteiger partial charge in [-0.1, -0.05) is 30.3 Å². The molecule has 1 aromatic carbocycles. The van der Waals surface area contributed by atoms with Crippen LogP contribution in [0.2, 0.25) is 0 Å². The number of carbonyl (C=O) groups is 1. The van der Waals surface area contributed by atoms with Crippen LogP contribution in [0.5, 0.6) is 0 Å². The van der Waals surface area contributed by atoms with Crippen LogP contribution in [0.15, 0.2) is 67.1 Å². The monoisotopic (exact) mass is 336 g/mol. The Kier molecular flexibility index (Phi) is 5.53. The van der Waals surface area contributed by atoms with Gasteiger partial charge in [-0.2, -0.15) is 5.10 Å². The molecule has 1 unspecified atom stereocenters. The lowest BCUT2D eigenvalue weighted by Gasteiger charge is -2.17. The molecule has 0 aliphatic heterocycles. The number of nitrogens with one attached hydrogen (secondary N) is 1. The van der Waals surface area contributed by atoms with E-state index >= 15 is 0 Å². The molecule has 3 rings (SSSR count). The summed E-state index contributed by atoms with van der Waals surface area (Å²) in [4.78, 5) is 16.5. The highest BCUT2D eigenvalue weighted by molar-refractivity contribution is 5.79. The Labute approximate surface area is 146 Å². The Morgan fingerprint density at radius 2 is 1.92 bits per heavy atom. The van der Waals surface area contributed by atoms with Gasteiger partial charge in [-0.25, -0.2) is 4.68 Å². The van der Waals surface area contributed by atoms with E-state index in [4.69, 9.17) is 4.74 Å². The number of ether oxygens (including phenoxy) is 1. The van der Waals surface area contributed by atoms with E-state index in [1.54, 1.807) is 23.3 Å². The summed E-state index contributed by atoms with van der Waals surface area (Å²) in [7, 11) is 0. The molecule has 2 aromatic heterocycles. The number of hydrogen-bond donors (Lipinski definition) is 1. The van der Waals surface area contributed by atoms with Crippen LogP contribution in [0, 0.1) is 0 Å². The SMILES string of the molecule is CCOC(C(=O)NCc1ccccc1)n1ccc(-c2ccncc2)n1. The van der Waals surface area contributed by atoms with E-state index in [0.717, 1.165) is 16.8 Å². The van der Waals surface area contributed by atoms with Gasteiger partial charge in [0.15, 0.2) is 0 Å². The molecule has 3 aromatic rings. The molecule has 0 saturated carbocycles. The number of amides is 1. The van der Waals surface area contributed by atoms with Gasteiger partial charge in [0.1, 0.15) is 0 Å². The van der Waals surface area contributed by atoms with Crippen LogP contribution in [-0.2, 0) is 16.1 Å². The zero-order chi connectivity index (χ0) is 17.5. The van der Waals surface area contributed by atoms with Gasteiger partial charge in [0.05, 0.1) is 5.69 Å². The van der Waals surface area contributed by atoms with Gasteiger partial charge in [0.2, 0.25) is 6.23 Å². The summed E-state index contributed by atoms with van der Waals surface area (Å²) in [6, 6.07) is 15.4. The minimum absolute atomic E-state index is 0.227. The van der Waals surface area contributed by atoms with Gasteiger partial charge in [-0.15, -0.1) is 0 Å². The van der Waals surface area contributed by atoms with Gasteiger partial charge in [-0.05, 0) is 30.7 Å². The lowest BCUT2D eigenvalue weighted by molar-refractivity contribution is -0.139. The van der Waals surface area contributed by atoms with Crippen LogP contribution in [0.1, 0.15) is 18.7 Å². The summed E-state index contributed by atoms with van der Waals surface area (Å²) in [6.45, 7) is 2.71. The molecule has 25 heavy (non-hydrogen) atoms. The molecular formula is C19H20N4O2. The van der Waals surface area contributed by atoms with Gasteiger partial charge in [-0.3, -0.25) is 9.78 Å². The normalized spacial score (nSPS) is 11.9. The predicted molar refractivity (Wildman–Crippen MR) is 94.4 cm³/mol. The second-order valence-electron chi connectivity index (χ2n) is 5.43. The molecule has 0 saturated heterocycles. The lowest BCUT2D eigenvalue weighted by atomic mass is 10.2. The summed E-state index contributed by atoms with van der Waals surface area (Å²) in [5, 5.41) is 7.38. The molecule has 1 atom stereocenters. The molecule has 128 valence electrons. The van der Waals surface area contributed by atoms with Crippen LogP contribution in [0.4, 0.5) is 0 Å². The first-order chi connectivity index (χ1) is 12.3. The first-order valence-corrected chi connectivity index (χ1v) is 8.16. The maximum atomic E-state index is 12.5. The maximum Gasteiger partial charge on any atom is 0.272 e. The van der Waals surface area contributed by atoms with Crippen molar-refractivity contribution in [2.24, 2.45) is 0 Å². The summed E-state index contributed by atoms with van der Waals surface area (Å²) < 4.78 is 7.14. The Bertz CT molecular complexity index is 803. The van der Waals surface area contributed by atoms with Crippen molar-refractivity contribution in [2.75, 3.05) is 6.61 Å². The second-order valence-corrected chi connectivity index (χ2v) is 5.43. The van der Waals surface area contributed by atoms with Crippen LogP contribution < -0.4 is 5.32 Å². The van der Waals surface area contributed by atoms with Crippen molar-refractivity contribution in [1.82, 2.24) is 20.1 Å². The number of aromatic nitrogens is 3. The molecule has 0 spiro atoms. The summed E-state index contributed by atoms with van der Waals surface area (Å²) in [5.41, 5.74) is 2.74. The molecular weight excluding hydrogens is 316 g/mol. The van der Waals surface area contributed by atoms with Crippen molar-refractivity contribution < 1.29 is 9.53 Å². The first kappa shape index (κ1) is 16.9. The molecule has 0 radical (unpaired) electrons. The fourth-order valence-corrected chi connectivity index (χ4v) is 2.45. The van der Waals surface area contributed by atoms with Gasteiger partial charge in [0.25, 0.3) is 5.91 Å². The predicted octanol–water partition coefficient (Wildman–Crippen LogP) is 2.80. The Balaban J connectivity index is 1.72. The third kappa shape index (κ3) is 4.30. The highest BCUT2D eigenvalue weighted by Gasteiger charge is 2.21. The van der Waals surface area contributed by atoms with E-state index in [-0.39, 0.29) is 5.91 Å². The number of carbonyl (C=O) groups excluding carboxylic acids is 1. The quantitative estimate of drug-likeness (QED) is 0.720. The van der Waals surface area contributed by atoms with E-state index in [1.165, 1.54) is 0 Å². The van der Waals surface area contributed by atoms with Gasteiger partial charge < -0.3 is 10.1 Å². The Morgan fingerprint density at radius 3 is 2.64 bits per heavy atom. The van der Waals surface area contributed by atoms with Crippen molar-refractivity contribution >= 4 is 5.91 Å². The van der Waals surface area contributed by atoms with E-state index in [1.807, 2.05) is 55.5 Å². The zero-order valence-electron chi connectivity index (χ0n) is 14.0. The van der Waals surface area contributed by atoms with E-state index in [2.05, 4.69) is 15.4 Å². The van der Waals surface area contributed by atoms with E-state index in [9.17, 15) is 4.79 Å². The molecule has 1 N–H and O–H groups in total.